The van der Waals surface area contributed by atoms with Gasteiger partial charge in [-0.2, -0.15) is 0 Å². The van der Waals surface area contributed by atoms with Crippen LogP contribution >= 0.6 is 23.1 Å². The first-order valence-corrected chi connectivity index (χ1v) is 9.38. The van der Waals surface area contributed by atoms with E-state index in [1.165, 1.54) is 23.1 Å². The lowest BCUT2D eigenvalue weighted by molar-refractivity contribution is -0.117. The first-order valence-electron chi connectivity index (χ1n) is 7.57. The van der Waals surface area contributed by atoms with Gasteiger partial charge in [0.15, 0.2) is 4.34 Å². The second kappa shape index (κ2) is 9.02. The van der Waals surface area contributed by atoms with Gasteiger partial charge in [-0.1, -0.05) is 41.3 Å². The van der Waals surface area contributed by atoms with E-state index in [0.29, 0.717) is 21.7 Å². The van der Waals surface area contributed by atoms with Gasteiger partial charge >= 0.3 is 6.03 Å². The molecule has 2 heterocycles. The van der Waals surface area contributed by atoms with Gasteiger partial charge in [-0.05, 0) is 24.3 Å². The average molecular weight is 389 g/mol. The second-order valence-electron chi connectivity index (χ2n) is 4.96. The van der Waals surface area contributed by atoms with Crippen LogP contribution in [0.3, 0.4) is 0 Å². The van der Waals surface area contributed by atoms with Crippen LogP contribution in [0.25, 0.3) is 0 Å². The molecule has 0 aliphatic carbocycles. The molecule has 3 rings (SSSR count). The highest BCUT2D eigenvalue weighted by molar-refractivity contribution is 8.01. The molecule has 0 bridgehead atoms. The van der Waals surface area contributed by atoms with E-state index in [9.17, 15) is 9.59 Å². The molecule has 0 spiro atoms. The normalized spacial score (nSPS) is 10.3. The van der Waals surface area contributed by atoms with Crippen LogP contribution in [0.2, 0.25) is 0 Å². The molecule has 134 valence electrons. The zero-order valence-electron chi connectivity index (χ0n) is 13.5. The summed E-state index contributed by atoms with van der Waals surface area (Å²) in [5.74, 6) is 0.441. The predicted octanol–water partition coefficient (Wildman–Crippen LogP) is 3.18. The highest BCUT2D eigenvalue weighted by Gasteiger charge is 2.11. The molecule has 0 saturated carbocycles. The molecule has 1 aromatic carbocycles. The molecule has 2 aromatic heterocycles. The van der Waals surface area contributed by atoms with Crippen LogP contribution in [0.1, 0.15) is 5.76 Å². The smallest absolute Gasteiger partial charge is 0.325 e. The van der Waals surface area contributed by atoms with Gasteiger partial charge in [0.1, 0.15) is 5.76 Å². The molecule has 0 saturated heterocycles. The molecule has 0 fully saturated rings. The summed E-state index contributed by atoms with van der Waals surface area (Å²) in [7, 11) is 0. The second-order valence-corrected chi connectivity index (χ2v) is 7.16. The fourth-order valence-electron chi connectivity index (χ4n) is 1.89. The van der Waals surface area contributed by atoms with Gasteiger partial charge in [0.05, 0.1) is 18.6 Å². The SMILES string of the molecule is O=C(CSc1nnc(NCc2ccco2)s1)NC(=O)Nc1ccccc1. The van der Waals surface area contributed by atoms with E-state index in [1.807, 2.05) is 18.2 Å². The maximum absolute atomic E-state index is 11.8. The molecule has 10 heteroatoms. The Bertz CT molecular complexity index is 852. The van der Waals surface area contributed by atoms with Crippen molar-refractivity contribution in [3.8, 4) is 0 Å². The predicted molar refractivity (Wildman–Crippen MR) is 100 cm³/mol. The van der Waals surface area contributed by atoms with Crippen LogP contribution in [0.5, 0.6) is 0 Å². The van der Waals surface area contributed by atoms with Gasteiger partial charge in [0, 0.05) is 5.69 Å². The topological polar surface area (TPSA) is 109 Å². The number of benzene rings is 1. The minimum Gasteiger partial charge on any atom is -0.467 e. The Morgan fingerprint density at radius 2 is 1.96 bits per heavy atom. The minimum atomic E-state index is -0.570. The summed E-state index contributed by atoms with van der Waals surface area (Å²) in [4.78, 5) is 23.6. The van der Waals surface area contributed by atoms with Crippen molar-refractivity contribution < 1.29 is 14.0 Å². The number of hydrogen-bond acceptors (Lipinski definition) is 8. The van der Waals surface area contributed by atoms with E-state index < -0.39 is 11.9 Å². The van der Waals surface area contributed by atoms with Crippen molar-refractivity contribution >= 4 is 45.9 Å². The first-order chi connectivity index (χ1) is 12.7. The highest BCUT2D eigenvalue weighted by Crippen LogP contribution is 2.25. The quantitative estimate of drug-likeness (QED) is 0.532. The molecule has 26 heavy (non-hydrogen) atoms. The average Bonchev–Trinajstić information content (AvgIpc) is 3.31. The van der Waals surface area contributed by atoms with Crippen LogP contribution < -0.4 is 16.0 Å². The monoisotopic (exact) mass is 389 g/mol. The summed E-state index contributed by atoms with van der Waals surface area (Å²) < 4.78 is 5.85. The zero-order chi connectivity index (χ0) is 18.2. The molecule has 3 N–H and O–H groups in total. The van der Waals surface area contributed by atoms with Crippen LogP contribution in [0, 0.1) is 0 Å². The number of rotatable bonds is 7. The van der Waals surface area contributed by atoms with Crippen molar-refractivity contribution in [1.29, 1.82) is 0 Å². The van der Waals surface area contributed by atoms with Crippen molar-refractivity contribution in [1.82, 2.24) is 15.5 Å². The van der Waals surface area contributed by atoms with Gasteiger partial charge in [0.25, 0.3) is 0 Å². The maximum atomic E-state index is 11.8. The van der Waals surface area contributed by atoms with Crippen LogP contribution in [0.15, 0.2) is 57.5 Å². The number of urea groups is 1. The maximum Gasteiger partial charge on any atom is 0.325 e. The lowest BCUT2D eigenvalue weighted by atomic mass is 10.3. The van der Waals surface area contributed by atoms with Crippen molar-refractivity contribution in [2.45, 2.75) is 10.9 Å². The number of amides is 3. The van der Waals surface area contributed by atoms with Crippen LogP contribution in [-0.4, -0.2) is 27.9 Å². The van der Waals surface area contributed by atoms with Gasteiger partial charge in [-0.25, -0.2) is 4.79 Å². The van der Waals surface area contributed by atoms with Gasteiger partial charge in [-0.15, -0.1) is 10.2 Å². The van der Waals surface area contributed by atoms with E-state index in [0.717, 1.165) is 5.76 Å². The Morgan fingerprint density at radius 3 is 2.73 bits per heavy atom. The fraction of sp³-hybridized carbons (Fsp3) is 0.125. The number of aromatic nitrogens is 2. The van der Waals surface area contributed by atoms with Gasteiger partial charge in [0.2, 0.25) is 11.0 Å². The third-order valence-electron chi connectivity index (χ3n) is 3.01. The summed E-state index contributed by atoms with van der Waals surface area (Å²) >= 11 is 2.54. The number of carbonyl (C=O) groups excluding carboxylic acids is 2. The van der Waals surface area contributed by atoms with E-state index >= 15 is 0 Å². The van der Waals surface area contributed by atoms with Gasteiger partial charge in [-0.3, -0.25) is 10.1 Å². The van der Waals surface area contributed by atoms with Crippen molar-refractivity contribution in [3.63, 3.8) is 0 Å². The third kappa shape index (κ3) is 5.60. The molecule has 3 amide bonds. The van der Waals surface area contributed by atoms with Crippen molar-refractivity contribution in [2.24, 2.45) is 0 Å². The van der Waals surface area contributed by atoms with Crippen LogP contribution in [0.4, 0.5) is 15.6 Å². The number of carbonyl (C=O) groups is 2. The molecule has 0 atom stereocenters. The number of thioether (sulfide) groups is 1. The van der Waals surface area contributed by atoms with Crippen molar-refractivity contribution in [2.75, 3.05) is 16.4 Å². The van der Waals surface area contributed by atoms with E-state index in [2.05, 4.69) is 26.1 Å². The lowest BCUT2D eigenvalue weighted by Crippen LogP contribution is -2.35. The first kappa shape index (κ1) is 18.0. The number of para-hydroxylation sites is 1. The molecule has 0 unspecified atom stereocenters. The van der Waals surface area contributed by atoms with Crippen molar-refractivity contribution in [3.05, 3.63) is 54.5 Å². The number of imide groups is 1. The molecule has 8 nitrogen and oxygen atoms in total. The lowest BCUT2D eigenvalue weighted by Gasteiger charge is -2.05. The Kier molecular flexibility index (Phi) is 6.23. The Hall–Kier alpha value is -2.85. The number of nitrogens with zero attached hydrogens (tertiary/aromatic N) is 2. The summed E-state index contributed by atoms with van der Waals surface area (Å²) in [6, 6.07) is 12.0. The van der Waals surface area contributed by atoms with Gasteiger partial charge < -0.3 is 15.1 Å². The minimum absolute atomic E-state index is 0.0645. The molecule has 0 aliphatic heterocycles. The fourth-order valence-corrected chi connectivity index (χ4v) is 3.44. The number of anilines is 2. The number of nitrogens with one attached hydrogen (secondary N) is 3. The summed E-state index contributed by atoms with van der Waals surface area (Å²) in [5.41, 5.74) is 0.613. The standard InChI is InChI=1S/C16H15N5O3S2/c22-13(19-14(23)18-11-5-2-1-3-6-11)10-25-16-21-20-15(26-16)17-9-12-7-4-8-24-12/h1-8H,9-10H2,(H,17,20)(H2,18,19,22,23). The zero-order valence-corrected chi connectivity index (χ0v) is 15.1. The Labute approximate surface area is 157 Å². The Balaban J connectivity index is 1.39. The van der Waals surface area contributed by atoms with E-state index in [-0.39, 0.29) is 5.75 Å². The van der Waals surface area contributed by atoms with E-state index in [1.54, 1.807) is 30.5 Å². The summed E-state index contributed by atoms with van der Waals surface area (Å²) in [6.07, 6.45) is 1.60. The molecule has 0 aliphatic rings. The molecule has 0 radical (unpaired) electrons. The Morgan fingerprint density at radius 1 is 1.12 bits per heavy atom. The summed E-state index contributed by atoms with van der Waals surface area (Å²) in [5, 5.41) is 16.6. The molecular formula is C16H15N5O3S2. The third-order valence-corrected chi connectivity index (χ3v) is 5.03. The summed E-state index contributed by atoms with van der Waals surface area (Å²) in [6.45, 7) is 0.506. The largest absolute Gasteiger partial charge is 0.467 e. The van der Waals surface area contributed by atoms with Crippen LogP contribution in [-0.2, 0) is 11.3 Å². The number of furan rings is 1. The highest BCUT2D eigenvalue weighted by atomic mass is 32.2. The van der Waals surface area contributed by atoms with E-state index in [4.69, 9.17) is 4.42 Å². The molecule has 3 aromatic rings. The number of hydrogen-bond donors (Lipinski definition) is 3. The molecular weight excluding hydrogens is 374 g/mol.